The third kappa shape index (κ3) is 1.79. The largest absolute Gasteiger partial charge is 0.398 e. The van der Waals surface area contributed by atoms with Crippen LogP contribution in [0.3, 0.4) is 0 Å². The van der Waals surface area contributed by atoms with Crippen molar-refractivity contribution in [3.63, 3.8) is 0 Å². The summed E-state index contributed by atoms with van der Waals surface area (Å²) in [5, 5.41) is 3.07. The summed E-state index contributed by atoms with van der Waals surface area (Å²) in [6.45, 7) is 2.00. The first-order valence-corrected chi connectivity index (χ1v) is 6.07. The van der Waals surface area contributed by atoms with Crippen molar-refractivity contribution < 1.29 is 0 Å². The van der Waals surface area contributed by atoms with Gasteiger partial charge in [-0.25, -0.2) is 9.97 Å². The van der Waals surface area contributed by atoms with E-state index in [0.29, 0.717) is 0 Å². The number of rotatable bonds is 2. The van der Waals surface area contributed by atoms with Crippen molar-refractivity contribution in [1.29, 1.82) is 0 Å². The molecule has 1 aromatic carbocycles. The third-order valence-electron chi connectivity index (χ3n) is 3.26. The van der Waals surface area contributed by atoms with Gasteiger partial charge in [0.05, 0.1) is 5.69 Å². The maximum Gasteiger partial charge on any atom is 0.180 e. The Kier molecular flexibility index (Phi) is 2.59. The zero-order valence-corrected chi connectivity index (χ0v) is 10.9. The van der Waals surface area contributed by atoms with Gasteiger partial charge < -0.3 is 15.5 Å². The predicted molar refractivity (Wildman–Crippen MR) is 77.1 cm³/mol. The average molecular weight is 253 g/mol. The highest BCUT2D eigenvalue weighted by Crippen LogP contribution is 2.27. The van der Waals surface area contributed by atoms with Gasteiger partial charge in [-0.15, -0.1) is 0 Å². The van der Waals surface area contributed by atoms with Gasteiger partial charge >= 0.3 is 0 Å². The summed E-state index contributed by atoms with van der Waals surface area (Å²) in [4.78, 5) is 8.89. The van der Waals surface area contributed by atoms with Crippen LogP contribution in [0.1, 0.15) is 5.56 Å². The van der Waals surface area contributed by atoms with Crippen molar-refractivity contribution >= 4 is 17.2 Å². The fraction of sp³-hybridized carbons (Fsp3) is 0.143. The smallest absolute Gasteiger partial charge is 0.180 e. The van der Waals surface area contributed by atoms with E-state index in [2.05, 4.69) is 15.3 Å². The average Bonchev–Trinajstić information content (AvgIpc) is 2.89. The molecule has 96 valence electrons. The molecule has 0 aliphatic heterocycles. The van der Waals surface area contributed by atoms with Crippen LogP contribution < -0.4 is 11.1 Å². The Bertz CT molecular complexity index is 745. The number of anilines is 2. The second kappa shape index (κ2) is 4.28. The first kappa shape index (κ1) is 11.5. The number of nitrogens with one attached hydrogen (secondary N) is 1. The van der Waals surface area contributed by atoms with E-state index in [4.69, 9.17) is 5.73 Å². The molecule has 0 radical (unpaired) electrons. The van der Waals surface area contributed by atoms with Crippen LogP contribution in [0, 0.1) is 6.92 Å². The van der Waals surface area contributed by atoms with Gasteiger partial charge in [-0.2, -0.15) is 0 Å². The fourth-order valence-corrected chi connectivity index (χ4v) is 2.16. The lowest BCUT2D eigenvalue weighted by Crippen LogP contribution is -2.01. The molecule has 0 fully saturated rings. The van der Waals surface area contributed by atoms with E-state index in [1.807, 2.05) is 49.0 Å². The standard InChI is InChI=1S/C14H15N5/c1-9-10(4-3-5-11(9)15)12-8-19-7-6-17-14(19)13(16-2)18-12/h3-8H,15H2,1-2H3,(H,16,18). The SMILES string of the molecule is CNc1nc(-c2cccc(N)c2C)cn2ccnc12. The van der Waals surface area contributed by atoms with Gasteiger partial charge in [-0.3, -0.25) is 0 Å². The second-order valence-corrected chi connectivity index (χ2v) is 4.40. The quantitative estimate of drug-likeness (QED) is 0.688. The van der Waals surface area contributed by atoms with Crippen molar-refractivity contribution in [3.8, 4) is 11.3 Å². The summed E-state index contributed by atoms with van der Waals surface area (Å²) >= 11 is 0. The topological polar surface area (TPSA) is 68.2 Å². The molecule has 0 amide bonds. The molecular weight excluding hydrogens is 238 g/mol. The van der Waals surface area contributed by atoms with Crippen LogP contribution in [0.5, 0.6) is 0 Å². The fourth-order valence-electron chi connectivity index (χ4n) is 2.16. The summed E-state index contributed by atoms with van der Waals surface area (Å²) in [7, 11) is 1.84. The molecule has 0 saturated carbocycles. The second-order valence-electron chi connectivity index (χ2n) is 4.40. The number of hydrogen-bond donors (Lipinski definition) is 2. The number of imidazole rings is 1. The summed E-state index contributed by atoms with van der Waals surface area (Å²) in [5.41, 5.74) is 10.5. The molecule has 0 unspecified atom stereocenters. The maximum absolute atomic E-state index is 5.96. The molecule has 0 bridgehead atoms. The Hall–Kier alpha value is -2.56. The van der Waals surface area contributed by atoms with Crippen LogP contribution in [0.25, 0.3) is 16.9 Å². The van der Waals surface area contributed by atoms with Gasteiger partial charge in [0.25, 0.3) is 0 Å². The highest BCUT2D eigenvalue weighted by atomic mass is 15.1. The Balaban J connectivity index is 2.27. The van der Waals surface area contributed by atoms with Crippen LogP contribution in [0.2, 0.25) is 0 Å². The molecule has 0 saturated heterocycles. The Morgan fingerprint density at radius 3 is 2.95 bits per heavy atom. The number of aromatic nitrogens is 3. The molecule has 0 aliphatic rings. The molecule has 5 nitrogen and oxygen atoms in total. The minimum Gasteiger partial charge on any atom is -0.398 e. The summed E-state index contributed by atoms with van der Waals surface area (Å²) < 4.78 is 1.96. The van der Waals surface area contributed by atoms with Crippen molar-refractivity contribution in [3.05, 3.63) is 42.4 Å². The van der Waals surface area contributed by atoms with E-state index < -0.39 is 0 Å². The predicted octanol–water partition coefficient (Wildman–Crippen LogP) is 2.33. The minimum absolute atomic E-state index is 0.754. The van der Waals surface area contributed by atoms with Gasteiger partial charge in [-0.1, -0.05) is 12.1 Å². The molecule has 2 heterocycles. The molecule has 0 aliphatic carbocycles. The van der Waals surface area contributed by atoms with Crippen LogP contribution in [0.15, 0.2) is 36.8 Å². The monoisotopic (exact) mass is 253 g/mol. The van der Waals surface area contributed by atoms with Crippen molar-refractivity contribution in [2.75, 3.05) is 18.1 Å². The van der Waals surface area contributed by atoms with E-state index >= 15 is 0 Å². The Morgan fingerprint density at radius 2 is 2.16 bits per heavy atom. The lowest BCUT2D eigenvalue weighted by atomic mass is 10.0. The highest BCUT2D eigenvalue weighted by Gasteiger charge is 2.10. The number of fused-ring (bicyclic) bond motifs is 1. The lowest BCUT2D eigenvalue weighted by Gasteiger charge is -2.10. The van der Waals surface area contributed by atoms with E-state index in [0.717, 1.165) is 34.0 Å². The van der Waals surface area contributed by atoms with Crippen LogP contribution in [-0.2, 0) is 0 Å². The molecule has 2 aromatic heterocycles. The Morgan fingerprint density at radius 1 is 1.32 bits per heavy atom. The molecular formula is C14H15N5. The van der Waals surface area contributed by atoms with Crippen molar-refractivity contribution in [2.45, 2.75) is 6.92 Å². The highest BCUT2D eigenvalue weighted by molar-refractivity contribution is 5.73. The van der Waals surface area contributed by atoms with E-state index in [1.54, 1.807) is 6.20 Å². The zero-order chi connectivity index (χ0) is 13.4. The molecule has 0 spiro atoms. The molecule has 19 heavy (non-hydrogen) atoms. The van der Waals surface area contributed by atoms with Gasteiger partial charge in [-0.05, 0) is 18.6 Å². The first-order valence-electron chi connectivity index (χ1n) is 6.07. The maximum atomic E-state index is 5.96. The summed E-state index contributed by atoms with van der Waals surface area (Å²) in [6.07, 6.45) is 5.63. The van der Waals surface area contributed by atoms with Gasteiger partial charge in [0.2, 0.25) is 0 Å². The number of nitrogens with two attached hydrogens (primary N) is 1. The normalized spacial score (nSPS) is 10.8. The van der Waals surface area contributed by atoms with E-state index in [1.165, 1.54) is 0 Å². The van der Waals surface area contributed by atoms with Gasteiger partial charge in [0, 0.05) is 36.9 Å². The number of nitrogen functional groups attached to an aromatic ring is 1. The molecule has 0 atom stereocenters. The summed E-state index contributed by atoms with van der Waals surface area (Å²) in [5.74, 6) is 0.754. The van der Waals surface area contributed by atoms with Crippen LogP contribution in [0.4, 0.5) is 11.5 Å². The van der Waals surface area contributed by atoms with E-state index in [-0.39, 0.29) is 0 Å². The molecule has 5 heteroatoms. The Labute approximate surface area is 111 Å². The lowest BCUT2D eigenvalue weighted by molar-refractivity contribution is 1.12. The third-order valence-corrected chi connectivity index (χ3v) is 3.26. The minimum atomic E-state index is 0.754. The number of benzene rings is 1. The molecule has 3 N–H and O–H groups in total. The van der Waals surface area contributed by atoms with E-state index in [9.17, 15) is 0 Å². The molecule has 3 rings (SSSR count). The van der Waals surface area contributed by atoms with Crippen molar-refractivity contribution in [1.82, 2.24) is 14.4 Å². The van der Waals surface area contributed by atoms with Gasteiger partial charge in [0.15, 0.2) is 11.5 Å². The van der Waals surface area contributed by atoms with Crippen LogP contribution in [-0.4, -0.2) is 21.4 Å². The molecule has 3 aromatic rings. The first-order chi connectivity index (χ1) is 9.20. The van der Waals surface area contributed by atoms with Crippen molar-refractivity contribution in [2.24, 2.45) is 0 Å². The number of nitrogens with zero attached hydrogens (tertiary/aromatic N) is 3. The summed E-state index contributed by atoms with van der Waals surface area (Å²) in [6, 6.07) is 5.86. The van der Waals surface area contributed by atoms with Crippen LogP contribution >= 0.6 is 0 Å². The zero-order valence-electron chi connectivity index (χ0n) is 10.9. The van der Waals surface area contributed by atoms with Gasteiger partial charge in [0.1, 0.15) is 0 Å². The number of hydrogen-bond acceptors (Lipinski definition) is 4.